The van der Waals surface area contributed by atoms with Crippen LogP contribution in [0, 0.1) is 0 Å². The second kappa shape index (κ2) is 69.9. The van der Waals surface area contributed by atoms with Crippen LogP contribution in [-0.2, 0) is 42.9 Å². The standard InChI is InChI=1S/C76H138O9/c1-5-9-13-17-21-25-29-33-37-41-45-49-53-57-61-65-71(77)81-69-75(83-73(79)67-63-59-55-51-47-43-39-35-31-27-23-19-15-11-7-3)85-76(84-74(80)68-64-60-56-52-48-44-40-36-32-28-24-20-16-12-8-4)70-82-72(78)66-62-58-54-50-46-42-38-34-30-26-22-18-14-10-6-2/h33-40,75-76H,5-32,41-70H2,1-4H3/b37-33-,38-34-,39-35-,40-36-. The van der Waals surface area contributed by atoms with Crippen molar-refractivity contribution < 1.29 is 42.9 Å². The van der Waals surface area contributed by atoms with Gasteiger partial charge in [0.1, 0.15) is 0 Å². The van der Waals surface area contributed by atoms with Crippen molar-refractivity contribution in [1.29, 1.82) is 0 Å². The first-order chi connectivity index (χ1) is 41.9. The van der Waals surface area contributed by atoms with Crippen molar-refractivity contribution >= 4 is 23.9 Å². The largest absolute Gasteiger partial charge is 0.459 e. The molecule has 0 aliphatic carbocycles. The fourth-order valence-electron chi connectivity index (χ4n) is 10.6. The third kappa shape index (κ3) is 66.6. The van der Waals surface area contributed by atoms with Crippen LogP contribution >= 0.6 is 0 Å². The Bertz CT molecular complexity index is 1440. The van der Waals surface area contributed by atoms with Crippen molar-refractivity contribution in [3.63, 3.8) is 0 Å². The summed E-state index contributed by atoms with van der Waals surface area (Å²) in [6.07, 6.45) is 77.2. The molecular formula is C76H138O9. The molecule has 2 unspecified atom stereocenters. The van der Waals surface area contributed by atoms with Crippen molar-refractivity contribution in [1.82, 2.24) is 0 Å². The number of hydrogen-bond donors (Lipinski definition) is 0. The van der Waals surface area contributed by atoms with E-state index in [0.29, 0.717) is 25.7 Å². The lowest BCUT2D eigenvalue weighted by molar-refractivity contribution is -0.257. The molecule has 9 nitrogen and oxygen atoms in total. The van der Waals surface area contributed by atoms with Crippen LogP contribution < -0.4 is 0 Å². The van der Waals surface area contributed by atoms with Gasteiger partial charge >= 0.3 is 23.9 Å². The molecule has 9 heteroatoms. The second-order valence-electron chi connectivity index (χ2n) is 24.7. The molecule has 0 saturated carbocycles. The Morgan fingerprint density at radius 1 is 0.235 bits per heavy atom. The summed E-state index contributed by atoms with van der Waals surface area (Å²) >= 11 is 0. The molecule has 0 aromatic carbocycles. The molecule has 0 aliphatic rings. The fraction of sp³-hybridized carbons (Fsp3) is 0.842. The summed E-state index contributed by atoms with van der Waals surface area (Å²) < 4.78 is 29.1. The lowest BCUT2D eigenvalue weighted by Gasteiger charge is -2.24. The average molecular weight is 1200 g/mol. The topological polar surface area (TPSA) is 114 Å². The van der Waals surface area contributed by atoms with Crippen LogP contribution in [0.25, 0.3) is 0 Å². The van der Waals surface area contributed by atoms with Crippen molar-refractivity contribution in [2.75, 3.05) is 13.2 Å². The Hall–Kier alpha value is -3.20. The van der Waals surface area contributed by atoms with E-state index in [1.165, 1.54) is 180 Å². The predicted octanol–water partition coefficient (Wildman–Crippen LogP) is 24.0. The zero-order valence-corrected chi connectivity index (χ0v) is 56.5. The van der Waals surface area contributed by atoms with Crippen LogP contribution in [0.4, 0.5) is 0 Å². The highest BCUT2D eigenvalue weighted by Gasteiger charge is 2.26. The number of ether oxygens (including phenoxy) is 5. The van der Waals surface area contributed by atoms with E-state index in [1.54, 1.807) is 0 Å². The van der Waals surface area contributed by atoms with E-state index >= 15 is 0 Å². The molecule has 0 aliphatic heterocycles. The third-order valence-electron chi connectivity index (χ3n) is 16.2. The molecule has 0 bridgehead atoms. The number of carbonyl (C=O) groups is 4. The summed E-state index contributed by atoms with van der Waals surface area (Å²) in [7, 11) is 0. The van der Waals surface area contributed by atoms with E-state index in [2.05, 4.69) is 76.3 Å². The maximum absolute atomic E-state index is 13.4. The SMILES string of the molecule is CCCCCCCC/C=C\CCCCCCCC(=O)OCC(OC(=O)CCCCCCC/C=C\CCCCCCCC)OC(COC(=O)CCCCCCC/C=C\CCCCCCCC)OC(=O)CCCCCCC/C=C\CCCCCCCC. The molecule has 0 N–H and O–H groups in total. The Morgan fingerprint density at radius 2 is 0.412 bits per heavy atom. The van der Waals surface area contributed by atoms with Gasteiger partial charge in [0.15, 0.2) is 13.2 Å². The van der Waals surface area contributed by atoms with Gasteiger partial charge in [-0.3, -0.25) is 23.9 Å². The Labute approximate surface area is 526 Å². The maximum atomic E-state index is 13.4. The predicted molar refractivity (Wildman–Crippen MR) is 361 cm³/mol. The second-order valence-corrected chi connectivity index (χ2v) is 24.7. The minimum Gasteiger partial charge on any atom is -0.459 e. The lowest BCUT2D eigenvalue weighted by Crippen LogP contribution is -2.37. The van der Waals surface area contributed by atoms with Gasteiger partial charge in [0.05, 0.1) is 0 Å². The summed E-state index contributed by atoms with van der Waals surface area (Å²) in [6, 6.07) is 0. The molecule has 0 heterocycles. The zero-order valence-electron chi connectivity index (χ0n) is 56.5. The van der Waals surface area contributed by atoms with Gasteiger partial charge in [-0.15, -0.1) is 0 Å². The maximum Gasteiger partial charge on any atom is 0.308 e. The molecule has 0 saturated heterocycles. The van der Waals surface area contributed by atoms with Crippen molar-refractivity contribution in [2.24, 2.45) is 0 Å². The normalized spacial score (nSPS) is 12.6. The molecule has 496 valence electrons. The molecule has 0 spiro atoms. The Morgan fingerprint density at radius 3 is 0.624 bits per heavy atom. The van der Waals surface area contributed by atoms with Gasteiger partial charge in [0.25, 0.3) is 0 Å². The van der Waals surface area contributed by atoms with Gasteiger partial charge in [-0.1, -0.05) is 282 Å². The van der Waals surface area contributed by atoms with Gasteiger partial charge in [0, 0.05) is 25.7 Å². The number of esters is 4. The van der Waals surface area contributed by atoms with Gasteiger partial charge < -0.3 is 18.9 Å². The molecule has 0 fully saturated rings. The quantitative estimate of drug-likeness (QED) is 0.0193. The highest BCUT2D eigenvalue weighted by molar-refractivity contribution is 5.71. The van der Waals surface area contributed by atoms with Crippen LogP contribution in [0.1, 0.15) is 387 Å². The van der Waals surface area contributed by atoms with Crippen LogP contribution in [0.2, 0.25) is 0 Å². The third-order valence-corrected chi connectivity index (χ3v) is 16.2. The highest BCUT2D eigenvalue weighted by Crippen LogP contribution is 2.18. The molecule has 0 amide bonds. The highest BCUT2D eigenvalue weighted by atomic mass is 16.8. The van der Waals surface area contributed by atoms with Gasteiger partial charge in [0.2, 0.25) is 12.6 Å². The van der Waals surface area contributed by atoms with Crippen LogP contribution in [-0.4, -0.2) is 49.7 Å². The Balaban J connectivity index is 5.41. The van der Waals surface area contributed by atoms with E-state index in [1.807, 2.05) is 0 Å². The molecule has 2 atom stereocenters. The van der Waals surface area contributed by atoms with Crippen LogP contribution in [0.3, 0.4) is 0 Å². The van der Waals surface area contributed by atoms with E-state index in [-0.39, 0.29) is 38.9 Å². The summed E-state index contributed by atoms with van der Waals surface area (Å²) in [5, 5.41) is 0. The fourth-order valence-corrected chi connectivity index (χ4v) is 10.6. The molecule has 0 radical (unpaired) electrons. The number of unbranched alkanes of at least 4 members (excludes halogenated alkanes) is 44. The number of hydrogen-bond acceptors (Lipinski definition) is 9. The summed E-state index contributed by atoms with van der Waals surface area (Å²) in [6.45, 7) is 8.33. The summed E-state index contributed by atoms with van der Waals surface area (Å²) in [5.74, 6) is -1.75. The Kier molecular flexibility index (Phi) is 67.3. The van der Waals surface area contributed by atoms with Crippen LogP contribution in [0.5, 0.6) is 0 Å². The van der Waals surface area contributed by atoms with E-state index in [9.17, 15) is 19.2 Å². The molecule has 85 heavy (non-hydrogen) atoms. The average Bonchev–Trinajstić information content (AvgIpc) is 3.52. The summed E-state index contributed by atoms with van der Waals surface area (Å²) in [4.78, 5) is 52.9. The number of allylic oxidation sites excluding steroid dienone is 8. The first-order valence-electron chi connectivity index (χ1n) is 36.8. The van der Waals surface area contributed by atoms with Gasteiger partial charge in [-0.2, -0.15) is 0 Å². The summed E-state index contributed by atoms with van der Waals surface area (Å²) in [5.41, 5.74) is 0. The molecule has 0 rings (SSSR count). The molecule has 0 aromatic heterocycles. The van der Waals surface area contributed by atoms with Gasteiger partial charge in [-0.25, -0.2) is 0 Å². The first kappa shape index (κ1) is 81.8. The van der Waals surface area contributed by atoms with E-state index in [0.717, 1.165) is 128 Å². The molecular weight excluding hydrogens is 1060 g/mol. The van der Waals surface area contributed by atoms with Crippen LogP contribution in [0.15, 0.2) is 48.6 Å². The van der Waals surface area contributed by atoms with E-state index in [4.69, 9.17) is 23.7 Å². The smallest absolute Gasteiger partial charge is 0.308 e. The van der Waals surface area contributed by atoms with Crippen molar-refractivity contribution in [3.05, 3.63) is 48.6 Å². The number of carbonyl (C=O) groups excluding carboxylic acids is 4. The minimum absolute atomic E-state index is 0.186. The minimum atomic E-state index is -1.34. The van der Waals surface area contributed by atoms with Gasteiger partial charge in [-0.05, 0) is 128 Å². The van der Waals surface area contributed by atoms with E-state index < -0.39 is 36.5 Å². The van der Waals surface area contributed by atoms with Crippen molar-refractivity contribution in [2.45, 2.75) is 400 Å². The first-order valence-corrected chi connectivity index (χ1v) is 36.8. The lowest BCUT2D eigenvalue weighted by atomic mass is 10.1. The monoisotopic (exact) mass is 1200 g/mol. The molecule has 0 aromatic rings. The van der Waals surface area contributed by atoms with Crippen molar-refractivity contribution in [3.8, 4) is 0 Å². The zero-order chi connectivity index (χ0) is 61.7. The number of rotatable bonds is 68.